The molecule has 11 nitrogen and oxygen atoms in total. The number of benzene rings is 1. The van der Waals surface area contributed by atoms with Gasteiger partial charge >= 0.3 is 0 Å². The first-order valence-corrected chi connectivity index (χ1v) is 13.6. The molecule has 2 fully saturated rings. The minimum absolute atomic E-state index is 0.198. The summed E-state index contributed by atoms with van der Waals surface area (Å²) < 4.78 is 21.5. The van der Waals surface area contributed by atoms with Crippen LogP contribution in [0.25, 0.3) is 5.65 Å². The van der Waals surface area contributed by atoms with Gasteiger partial charge in [0.1, 0.15) is 11.7 Å². The highest BCUT2D eigenvalue weighted by molar-refractivity contribution is 6.10. The van der Waals surface area contributed by atoms with E-state index >= 15 is 0 Å². The molecule has 212 valence electrons. The number of aromatic nitrogens is 3. The van der Waals surface area contributed by atoms with Crippen LogP contribution in [0.5, 0.6) is 0 Å². The molecule has 40 heavy (non-hydrogen) atoms. The summed E-state index contributed by atoms with van der Waals surface area (Å²) >= 11 is 0. The number of nitrogens with one attached hydrogen (secondary N) is 1. The van der Waals surface area contributed by atoms with Gasteiger partial charge in [0.05, 0.1) is 42.9 Å². The van der Waals surface area contributed by atoms with Gasteiger partial charge in [-0.25, -0.2) is 13.9 Å². The Kier molecular flexibility index (Phi) is 6.93. The molecular formula is C28H34FN7O4. The zero-order valence-corrected chi connectivity index (χ0v) is 22.7. The number of carbonyl (C=O) groups excluding carboxylic acids is 2. The maximum Gasteiger partial charge on any atom is 0.261 e. The predicted molar refractivity (Wildman–Crippen MR) is 146 cm³/mol. The van der Waals surface area contributed by atoms with E-state index in [2.05, 4.69) is 25.2 Å². The molecule has 2 amide bonds. The molecule has 0 spiro atoms. The SMILES string of the molecule is CC(C)(O)C(F)CN1Cc2cc(NC(=O)c3cnn4cccnc34)c(N3CCN(CC4COC4)CC3)cc2C1=O. The van der Waals surface area contributed by atoms with Crippen molar-refractivity contribution in [1.29, 1.82) is 0 Å². The Bertz CT molecular complexity index is 1430. The van der Waals surface area contributed by atoms with E-state index in [0.717, 1.165) is 51.6 Å². The van der Waals surface area contributed by atoms with Crippen LogP contribution in [0, 0.1) is 5.92 Å². The molecule has 0 radical (unpaired) electrons. The van der Waals surface area contributed by atoms with E-state index in [0.29, 0.717) is 33.9 Å². The van der Waals surface area contributed by atoms with Crippen LogP contribution < -0.4 is 10.2 Å². The van der Waals surface area contributed by atoms with Crippen molar-refractivity contribution in [3.05, 3.63) is 53.5 Å². The number of alkyl halides is 1. The van der Waals surface area contributed by atoms with Crippen LogP contribution >= 0.6 is 0 Å². The Morgan fingerprint density at radius 1 is 1.25 bits per heavy atom. The number of carbonyl (C=O) groups is 2. The van der Waals surface area contributed by atoms with Crippen molar-refractivity contribution in [2.75, 3.05) is 62.7 Å². The average Bonchev–Trinajstić information content (AvgIpc) is 3.46. The van der Waals surface area contributed by atoms with Gasteiger partial charge in [-0.05, 0) is 37.6 Å². The second-order valence-corrected chi connectivity index (χ2v) is 11.4. The largest absolute Gasteiger partial charge is 0.387 e. The third-order valence-corrected chi connectivity index (χ3v) is 7.96. The summed E-state index contributed by atoms with van der Waals surface area (Å²) in [7, 11) is 0. The summed E-state index contributed by atoms with van der Waals surface area (Å²) in [5, 5.41) is 17.3. The van der Waals surface area contributed by atoms with Gasteiger partial charge in [0.25, 0.3) is 11.8 Å². The number of fused-ring (bicyclic) bond motifs is 2. The van der Waals surface area contributed by atoms with Gasteiger partial charge in [-0.1, -0.05) is 0 Å². The number of hydrogen-bond acceptors (Lipinski definition) is 8. The van der Waals surface area contributed by atoms with Crippen LogP contribution in [0.3, 0.4) is 0 Å². The number of piperazine rings is 1. The molecule has 5 heterocycles. The number of nitrogens with zero attached hydrogens (tertiary/aromatic N) is 6. The Hall–Kier alpha value is -3.61. The lowest BCUT2D eigenvalue weighted by Crippen LogP contribution is -2.50. The van der Waals surface area contributed by atoms with Gasteiger partial charge in [-0.3, -0.25) is 14.5 Å². The molecule has 1 atom stereocenters. The first-order chi connectivity index (χ1) is 19.2. The molecule has 1 unspecified atom stereocenters. The zero-order valence-electron chi connectivity index (χ0n) is 22.7. The summed E-state index contributed by atoms with van der Waals surface area (Å²) in [5.74, 6) is -0.0605. The van der Waals surface area contributed by atoms with Crippen LogP contribution in [-0.2, 0) is 11.3 Å². The first-order valence-electron chi connectivity index (χ1n) is 13.6. The number of halogens is 1. The Morgan fingerprint density at radius 3 is 2.73 bits per heavy atom. The summed E-state index contributed by atoms with van der Waals surface area (Å²) in [6, 6.07) is 5.37. The summed E-state index contributed by atoms with van der Waals surface area (Å²) in [6.07, 6.45) is 3.22. The lowest BCUT2D eigenvalue weighted by molar-refractivity contribution is -0.0468. The molecule has 3 aromatic rings. The topological polar surface area (TPSA) is 116 Å². The molecule has 12 heteroatoms. The number of ether oxygens (including phenoxy) is 1. The summed E-state index contributed by atoms with van der Waals surface area (Å²) in [5.41, 5.74) is 1.73. The summed E-state index contributed by atoms with van der Waals surface area (Å²) in [4.78, 5) is 37.0. The third kappa shape index (κ3) is 5.14. The third-order valence-electron chi connectivity index (χ3n) is 7.96. The number of rotatable bonds is 8. The van der Waals surface area contributed by atoms with E-state index in [1.807, 2.05) is 12.1 Å². The molecule has 0 saturated carbocycles. The van der Waals surface area contributed by atoms with Crippen LogP contribution in [0.1, 0.15) is 40.1 Å². The number of aliphatic hydroxyl groups is 1. The fourth-order valence-corrected chi connectivity index (χ4v) is 5.44. The highest BCUT2D eigenvalue weighted by Crippen LogP contribution is 2.36. The maximum absolute atomic E-state index is 14.7. The molecule has 0 aliphatic carbocycles. The van der Waals surface area contributed by atoms with Crippen LogP contribution in [0.4, 0.5) is 15.8 Å². The zero-order chi connectivity index (χ0) is 28.0. The van der Waals surface area contributed by atoms with Crippen molar-refractivity contribution < 1.29 is 23.8 Å². The van der Waals surface area contributed by atoms with E-state index in [1.165, 1.54) is 29.5 Å². The van der Waals surface area contributed by atoms with Gasteiger partial charge in [0.2, 0.25) is 0 Å². The molecule has 3 aliphatic heterocycles. The van der Waals surface area contributed by atoms with Crippen molar-refractivity contribution in [1.82, 2.24) is 24.4 Å². The van der Waals surface area contributed by atoms with Crippen molar-refractivity contribution in [3.63, 3.8) is 0 Å². The minimum Gasteiger partial charge on any atom is -0.387 e. The van der Waals surface area contributed by atoms with Gasteiger partial charge in [0.15, 0.2) is 5.65 Å². The van der Waals surface area contributed by atoms with Crippen LogP contribution in [0.2, 0.25) is 0 Å². The minimum atomic E-state index is -1.60. The smallest absolute Gasteiger partial charge is 0.261 e. The normalized spacial score (nSPS) is 19.1. The monoisotopic (exact) mass is 551 g/mol. The van der Waals surface area contributed by atoms with E-state index < -0.39 is 11.8 Å². The van der Waals surface area contributed by atoms with Gasteiger partial charge in [0, 0.05) is 63.1 Å². The van der Waals surface area contributed by atoms with Crippen LogP contribution in [0.15, 0.2) is 36.8 Å². The van der Waals surface area contributed by atoms with Gasteiger partial charge in [-0.2, -0.15) is 5.10 Å². The van der Waals surface area contributed by atoms with E-state index in [1.54, 1.807) is 18.5 Å². The predicted octanol–water partition coefficient (Wildman–Crippen LogP) is 1.81. The fraction of sp³-hybridized carbons (Fsp3) is 0.500. The maximum atomic E-state index is 14.7. The Morgan fingerprint density at radius 2 is 2.02 bits per heavy atom. The van der Waals surface area contributed by atoms with E-state index in [4.69, 9.17) is 4.74 Å². The number of anilines is 2. The lowest BCUT2D eigenvalue weighted by Gasteiger charge is -2.39. The molecule has 2 N–H and O–H groups in total. The fourth-order valence-electron chi connectivity index (χ4n) is 5.44. The number of amides is 2. The second-order valence-electron chi connectivity index (χ2n) is 11.4. The molecule has 0 bridgehead atoms. The quantitative estimate of drug-likeness (QED) is 0.436. The van der Waals surface area contributed by atoms with Crippen molar-refractivity contribution in [2.24, 2.45) is 5.92 Å². The van der Waals surface area contributed by atoms with Crippen molar-refractivity contribution in [3.8, 4) is 0 Å². The van der Waals surface area contributed by atoms with Crippen molar-refractivity contribution >= 4 is 28.8 Å². The number of hydrogen-bond donors (Lipinski definition) is 2. The Balaban J connectivity index is 1.27. The standard InChI is InChI=1S/C28H34FN7O4/c1-28(2,39)24(29)15-35-14-19-10-22(32-26(37)21-12-31-36-5-3-4-30-25(21)36)23(11-20(19)27(35)38)34-8-6-33(7-9-34)13-18-16-40-17-18/h3-5,10-12,18,24,39H,6-9,13-17H2,1-2H3,(H,32,37). The highest BCUT2D eigenvalue weighted by atomic mass is 19.1. The molecule has 6 rings (SSSR count). The molecule has 1 aromatic carbocycles. The highest BCUT2D eigenvalue weighted by Gasteiger charge is 2.36. The Labute approximate surface area is 231 Å². The van der Waals surface area contributed by atoms with E-state index in [9.17, 15) is 19.1 Å². The molecular weight excluding hydrogens is 517 g/mol. The molecule has 2 aromatic heterocycles. The lowest BCUT2D eigenvalue weighted by atomic mass is 10.0. The van der Waals surface area contributed by atoms with Gasteiger partial charge in [-0.15, -0.1) is 0 Å². The van der Waals surface area contributed by atoms with E-state index in [-0.39, 0.29) is 24.9 Å². The van der Waals surface area contributed by atoms with Gasteiger partial charge < -0.3 is 25.0 Å². The summed E-state index contributed by atoms with van der Waals surface area (Å²) in [6.45, 7) is 8.57. The second kappa shape index (κ2) is 10.4. The van der Waals surface area contributed by atoms with Crippen LogP contribution in [-0.4, -0.2) is 106 Å². The molecule has 3 aliphatic rings. The first kappa shape index (κ1) is 26.6. The van der Waals surface area contributed by atoms with Crippen molar-refractivity contribution in [2.45, 2.75) is 32.2 Å². The molecule has 2 saturated heterocycles. The average molecular weight is 552 g/mol.